The van der Waals surface area contributed by atoms with Crippen LogP contribution in [0.5, 0.6) is 0 Å². The van der Waals surface area contributed by atoms with Crippen LogP contribution in [0.1, 0.15) is 54.9 Å². The fraction of sp³-hybridized carbons (Fsp3) is 0.340. The molecule has 14 nitrogen and oxygen atoms in total. The zero-order valence-electron chi connectivity index (χ0n) is 34.6. The Bertz CT molecular complexity index is 2040. The average Bonchev–Trinajstić information content (AvgIpc) is 3.29. The molecule has 0 saturated heterocycles. The van der Waals surface area contributed by atoms with Crippen LogP contribution < -0.4 is 16.4 Å². The number of carbonyl (C=O) groups excluding carboxylic acids is 7. The molecule has 4 atom stereocenters. The smallest absolute Gasteiger partial charge is 0.328 e. The minimum atomic E-state index is -1.20. The number of thioether (sulfide) groups is 1. The second kappa shape index (κ2) is 26.8. The Morgan fingerprint density at radius 1 is 0.548 bits per heavy atom. The van der Waals surface area contributed by atoms with Crippen molar-refractivity contribution in [1.29, 1.82) is 0 Å². The largest absolute Gasteiger partial charge is 0.461 e. The Labute approximate surface area is 365 Å². The number of nitrogens with two attached hydrogens (primary N) is 1. The van der Waals surface area contributed by atoms with Gasteiger partial charge in [-0.25, -0.2) is 4.79 Å². The van der Waals surface area contributed by atoms with E-state index in [9.17, 15) is 33.6 Å². The molecule has 0 saturated carbocycles. The fourth-order valence-electron chi connectivity index (χ4n) is 5.79. The van der Waals surface area contributed by atoms with Gasteiger partial charge < -0.3 is 35.3 Å². The number of hydrogen-bond donors (Lipinski definition) is 3. The lowest BCUT2D eigenvalue weighted by molar-refractivity contribution is -0.155. The normalized spacial score (nSPS) is 12.7. The summed E-state index contributed by atoms with van der Waals surface area (Å²) in [6, 6.07) is 33.9. The van der Waals surface area contributed by atoms with Crippen molar-refractivity contribution in [2.45, 2.75) is 71.1 Å². The van der Waals surface area contributed by atoms with E-state index in [4.69, 9.17) is 24.7 Å². The molecule has 0 aromatic heterocycles. The molecule has 15 heteroatoms. The zero-order valence-corrected chi connectivity index (χ0v) is 35.4. The van der Waals surface area contributed by atoms with Crippen molar-refractivity contribution in [1.82, 2.24) is 10.6 Å². The molecule has 62 heavy (non-hydrogen) atoms. The predicted molar refractivity (Wildman–Crippen MR) is 231 cm³/mol. The van der Waals surface area contributed by atoms with Gasteiger partial charge in [0.2, 0.25) is 11.8 Å². The second-order valence-corrected chi connectivity index (χ2v) is 15.5. The van der Waals surface area contributed by atoms with Crippen molar-refractivity contribution in [2.24, 2.45) is 17.6 Å². The fourth-order valence-corrected chi connectivity index (χ4v) is 7.02. The summed E-state index contributed by atoms with van der Waals surface area (Å²) in [7, 11) is 0. The van der Waals surface area contributed by atoms with Crippen molar-refractivity contribution >= 4 is 53.2 Å². The lowest BCUT2D eigenvalue weighted by Gasteiger charge is -2.20. The Kier molecular flexibility index (Phi) is 20.9. The van der Waals surface area contributed by atoms with Crippen LogP contribution in [-0.2, 0) is 78.9 Å². The van der Waals surface area contributed by atoms with E-state index < -0.39 is 71.9 Å². The molecule has 0 heterocycles. The molecule has 328 valence electrons. The first-order valence-electron chi connectivity index (χ1n) is 20.2. The topological polar surface area (TPSA) is 206 Å². The van der Waals surface area contributed by atoms with E-state index >= 15 is 0 Å². The number of amides is 2. The van der Waals surface area contributed by atoms with E-state index in [0.29, 0.717) is 0 Å². The number of carbonyl (C=O) groups is 7. The van der Waals surface area contributed by atoms with E-state index in [2.05, 4.69) is 10.6 Å². The summed E-state index contributed by atoms with van der Waals surface area (Å²) in [5, 5.41) is 5.10. The molecule has 0 fully saturated rings. The van der Waals surface area contributed by atoms with Gasteiger partial charge in [-0.3, -0.25) is 28.8 Å². The van der Waals surface area contributed by atoms with E-state index in [0.717, 1.165) is 34.0 Å². The molecule has 0 aliphatic carbocycles. The SMILES string of the molecule is C[C@H](N)C(=O)N[C@H](CCC(=O)C[C@H](CSC[C@H](CC(=O)OCc1ccccc1)C(=O)OCc1ccccc1)C(=O)NCC(=O)OCc1ccccc1)C(=O)OCc1ccccc1. The first-order chi connectivity index (χ1) is 30.0. The lowest BCUT2D eigenvalue weighted by atomic mass is 9.99. The zero-order chi connectivity index (χ0) is 44.5. The number of ether oxygens (including phenoxy) is 4. The van der Waals surface area contributed by atoms with Gasteiger partial charge in [0.25, 0.3) is 0 Å². The molecular formula is C47H53N3O11S. The summed E-state index contributed by atoms with van der Waals surface area (Å²) in [6.07, 6.45) is -0.975. The number of Topliss-reactive ketones (excluding diaryl/α,β-unsaturated/α-hetero) is 1. The molecule has 0 aliphatic heterocycles. The Hall–Kier alpha value is -6.32. The third kappa shape index (κ3) is 18.5. The quantitative estimate of drug-likeness (QED) is 0.0562. The standard InChI is InChI=1S/C47H53N3O11S/c1-33(48)44(54)50-41(47(57)61-30-37-20-12-5-13-21-37)23-22-40(51)24-38(45(55)49-26-43(53)59-28-35-16-8-3-9-17-35)31-62-32-39(46(56)60-29-36-18-10-4-11-19-36)25-42(52)58-27-34-14-6-2-7-15-34/h2-21,33,38-39,41H,22-32,48H2,1H3,(H,49,55)(H,50,54)/t33-,38+,39-,41+/m0/s1. The highest BCUT2D eigenvalue weighted by Crippen LogP contribution is 2.22. The number of benzene rings is 4. The Morgan fingerprint density at radius 3 is 1.47 bits per heavy atom. The number of nitrogens with one attached hydrogen (secondary N) is 2. The van der Waals surface area contributed by atoms with Crippen LogP contribution in [-0.4, -0.2) is 71.6 Å². The second-order valence-electron chi connectivity index (χ2n) is 14.5. The summed E-state index contributed by atoms with van der Waals surface area (Å²) in [6.45, 7) is 0.907. The molecule has 2 amide bonds. The highest BCUT2D eigenvalue weighted by molar-refractivity contribution is 7.99. The third-order valence-electron chi connectivity index (χ3n) is 9.30. The van der Waals surface area contributed by atoms with Gasteiger partial charge in [0.15, 0.2) is 0 Å². The maximum Gasteiger partial charge on any atom is 0.328 e. The van der Waals surface area contributed by atoms with Gasteiger partial charge in [0.1, 0.15) is 44.8 Å². The molecule has 0 spiro atoms. The third-order valence-corrected chi connectivity index (χ3v) is 10.6. The summed E-state index contributed by atoms with van der Waals surface area (Å²) in [5.41, 5.74) is 8.73. The van der Waals surface area contributed by atoms with E-state index in [-0.39, 0.29) is 63.6 Å². The molecule has 4 rings (SSSR count). The van der Waals surface area contributed by atoms with Crippen molar-refractivity contribution in [3.63, 3.8) is 0 Å². The number of rotatable bonds is 26. The maximum atomic E-state index is 13.6. The highest BCUT2D eigenvalue weighted by atomic mass is 32.2. The van der Waals surface area contributed by atoms with Crippen LogP contribution in [0.25, 0.3) is 0 Å². The lowest BCUT2D eigenvalue weighted by Crippen LogP contribution is -2.48. The molecule has 0 radical (unpaired) electrons. The van der Waals surface area contributed by atoms with E-state index in [1.165, 1.54) is 6.92 Å². The number of ketones is 1. The van der Waals surface area contributed by atoms with Crippen LogP contribution in [0.3, 0.4) is 0 Å². The van der Waals surface area contributed by atoms with E-state index in [1.54, 1.807) is 84.9 Å². The summed E-state index contributed by atoms with van der Waals surface area (Å²) < 4.78 is 21.8. The minimum absolute atomic E-state index is 0.00212. The maximum absolute atomic E-state index is 13.6. The molecule has 4 N–H and O–H groups in total. The summed E-state index contributed by atoms with van der Waals surface area (Å²) >= 11 is 1.15. The molecule has 0 bridgehead atoms. The van der Waals surface area contributed by atoms with Crippen molar-refractivity contribution in [2.75, 3.05) is 18.1 Å². The molecule has 4 aromatic carbocycles. The predicted octanol–water partition coefficient (Wildman–Crippen LogP) is 5.00. The van der Waals surface area contributed by atoms with Gasteiger partial charge in [0.05, 0.1) is 24.3 Å². The van der Waals surface area contributed by atoms with Gasteiger partial charge >= 0.3 is 23.9 Å². The van der Waals surface area contributed by atoms with Crippen molar-refractivity contribution in [3.05, 3.63) is 144 Å². The van der Waals surface area contributed by atoms with Crippen LogP contribution in [0, 0.1) is 11.8 Å². The van der Waals surface area contributed by atoms with Crippen molar-refractivity contribution in [3.8, 4) is 0 Å². The van der Waals surface area contributed by atoms with Crippen LogP contribution in [0.4, 0.5) is 0 Å². The molecule has 0 unspecified atom stereocenters. The molecule has 0 aliphatic rings. The summed E-state index contributed by atoms with van der Waals surface area (Å²) in [5.74, 6) is -6.33. The van der Waals surface area contributed by atoms with Gasteiger partial charge in [-0.05, 0) is 35.6 Å². The Balaban J connectivity index is 1.42. The van der Waals surface area contributed by atoms with Crippen LogP contribution in [0.2, 0.25) is 0 Å². The Morgan fingerprint density at radius 2 is 0.984 bits per heavy atom. The first-order valence-corrected chi connectivity index (χ1v) is 21.4. The summed E-state index contributed by atoms with van der Waals surface area (Å²) in [4.78, 5) is 91.8. The van der Waals surface area contributed by atoms with Gasteiger partial charge in [-0.2, -0.15) is 11.8 Å². The average molecular weight is 868 g/mol. The van der Waals surface area contributed by atoms with Gasteiger partial charge in [-0.15, -0.1) is 0 Å². The van der Waals surface area contributed by atoms with Crippen LogP contribution in [0.15, 0.2) is 121 Å². The van der Waals surface area contributed by atoms with E-state index in [1.807, 2.05) is 36.4 Å². The number of hydrogen-bond acceptors (Lipinski definition) is 13. The monoisotopic (exact) mass is 867 g/mol. The highest BCUT2D eigenvalue weighted by Gasteiger charge is 2.29. The van der Waals surface area contributed by atoms with Gasteiger partial charge in [0, 0.05) is 24.3 Å². The van der Waals surface area contributed by atoms with Gasteiger partial charge in [-0.1, -0.05) is 121 Å². The minimum Gasteiger partial charge on any atom is -0.461 e. The molecule has 4 aromatic rings. The first kappa shape index (κ1) is 48.3. The van der Waals surface area contributed by atoms with Crippen LogP contribution >= 0.6 is 11.8 Å². The number of esters is 4. The van der Waals surface area contributed by atoms with Crippen molar-refractivity contribution < 1.29 is 52.5 Å². The molecular weight excluding hydrogens is 815 g/mol.